The van der Waals surface area contributed by atoms with Gasteiger partial charge in [0.1, 0.15) is 0 Å². The maximum absolute atomic E-state index is 12.4. The molecule has 0 fully saturated rings. The number of hydrogen-bond donors (Lipinski definition) is 1. The Hall–Kier alpha value is -3.29. The summed E-state index contributed by atoms with van der Waals surface area (Å²) in [6.07, 6.45) is 0. The Balaban J connectivity index is 1.39. The van der Waals surface area contributed by atoms with Crippen molar-refractivity contribution in [2.45, 2.75) is 25.5 Å². The third-order valence-corrected chi connectivity index (χ3v) is 6.79. The fourth-order valence-electron chi connectivity index (χ4n) is 3.51. The predicted octanol–water partition coefficient (Wildman–Crippen LogP) is 5.63. The summed E-state index contributed by atoms with van der Waals surface area (Å²) in [6.45, 7) is 4.16. The number of carbonyl (C=O) groups is 2. The predicted molar refractivity (Wildman–Crippen MR) is 137 cm³/mol. The molecule has 0 saturated heterocycles. The van der Waals surface area contributed by atoms with E-state index in [4.69, 9.17) is 21.3 Å². The van der Waals surface area contributed by atoms with Crippen molar-refractivity contribution in [3.63, 3.8) is 0 Å². The first-order valence-electron chi connectivity index (χ1n) is 10.8. The lowest BCUT2D eigenvalue weighted by molar-refractivity contribution is -0.144. The average Bonchev–Trinajstić information content (AvgIpc) is 3.18. The molecule has 34 heavy (non-hydrogen) atoms. The van der Waals surface area contributed by atoms with Crippen LogP contribution in [0.3, 0.4) is 0 Å². The van der Waals surface area contributed by atoms with Crippen LogP contribution >= 0.6 is 23.4 Å². The highest BCUT2D eigenvalue weighted by atomic mass is 35.5. The van der Waals surface area contributed by atoms with Crippen LogP contribution in [0.25, 0.3) is 11.0 Å². The van der Waals surface area contributed by atoms with Gasteiger partial charge in [-0.1, -0.05) is 65.8 Å². The van der Waals surface area contributed by atoms with Gasteiger partial charge < -0.3 is 14.6 Å². The molecule has 0 aliphatic carbocycles. The average molecular weight is 494 g/mol. The van der Waals surface area contributed by atoms with Gasteiger partial charge in [-0.05, 0) is 54.8 Å². The third kappa shape index (κ3) is 5.61. The van der Waals surface area contributed by atoms with Crippen molar-refractivity contribution in [2.24, 2.45) is 0 Å². The summed E-state index contributed by atoms with van der Waals surface area (Å²) < 4.78 is 7.28. The summed E-state index contributed by atoms with van der Waals surface area (Å²) in [5, 5.41) is 3.99. The van der Waals surface area contributed by atoms with Gasteiger partial charge in [0, 0.05) is 10.7 Å². The number of carbonyl (C=O) groups excluding carboxylic acids is 2. The molecule has 1 aromatic heterocycles. The molecule has 1 N–H and O–H groups in total. The molecule has 0 aliphatic rings. The molecule has 3 aromatic carbocycles. The fraction of sp³-hybridized carbons (Fsp3) is 0.192. The largest absolute Gasteiger partial charge is 0.455 e. The molecule has 8 heteroatoms. The number of rotatable bonds is 8. The molecule has 0 saturated carbocycles. The van der Waals surface area contributed by atoms with E-state index in [0.717, 1.165) is 21.8 Å². The highest BCUT2D eigenvalue weighted by Gasteiger charge is 2.16. The first kappa shape index (κ1) is 23.9. The summed E-state index contributed by atoms with van der Waals surface area (Å²) >= 11 is 7.37. The minimum absolute atomic E-state index is 0.0422. The van der Waals surface area contributed by atoms with E-state index in [-0.39, 0.29) is 12.4 Å². The Morgan fingerprint density at radius 1 is 1.03 bits per heavy atom. The first-order chi connectivity index (χ1) is 16.4. The number of anilines is 1. The van der Waals surface area contributed by atoms with Crippen molar-refractivity contribution in [3.8, 4) is 0 Å². The number of thioether (sulfide) groups is 1. The minimum Gasteiger partial charge on any atom is -0.455 e. The van der Waals surface area contributed by atoms with Gasteiger partial charge in [-0.2, -0.15) is 0 Å². The molecule has 4 aromatic rings. The van der Waals surface area contributed by atoms with Crippen molar-refractivity contribution in [1.82, 2.24) is 9.55 Å². The van der Waals surface area contributed by atoms with Crippen molar-refractivity contribution < 1.29 is 14.3 Å². The van der Waals surface area contributed by atoms with Gasteiger partial charge in [-0.3, -0.25) is 9.59 Å². The van der Waals surface area contributed by atoms with E-state index < -0.39 is 11.9 Å². The summed E-state index contributed by atoms with van der Waals surface area (Å²) in [7, 11) is 0. The third-order valence-electron chi connectivity index (χ3n) is 5.43. The lowest BCUT2D eigenvalue weighted by atomic mass is 10.1. The van der Waals surface area contributed by atoms with Gasteiger partial charge in [0.05, 0.1) is 23.3 Å². The van der Waals surface area contributed by atoms with E-state index in [0.29, 0.717) is 17.3 Å². The van der Waals surface area contributed by atoms with Gasteiger partial charge in [-0.25, -0.2) is 4.98 Å². The standard InChI is InChI=1S/C26H24ClN3O3S/c1-17-8-3-4-9-19(17)14-30-23-13-6-5-11-22(23)29-26(30)34-16-25(32)33-15-24(31)28-21-12-7-10-20(27)18(21)2/h3-13H,14-16H2,1-2H3,(H,28,31). The van der Waals surface area contributed by atoms with Crippen LogP contribution in [-0.4, -0.2) is 33.8 Å². The smallest absolute Gasteiger partial charge is 0.316 e. The number of esters is 1. The summed E-state index contributed by atoms with van der Waals surface area (Å²) in [4.78, 5) is 29.3. The number of aryl methyl sites for hydroxylation is 1. The van der Waals surface area contributed by atoms with Gasteiger partial charge in [-0.15, -0.1) is 0 Å². The number of para-hydroxylation sites is 2. The second-order valence-corrected chi connectivity index (χ2v) is 9.16. The molecule has 0 atom stereocenters. The van der Waals surface area contributed by atoms with E-state index >= 15 is 0 Å². The Bertz CT molecular complexity index is 1350. The SMILES string of the molecule is Cc1ccccc1Cn1c(SCC(=O)OCC(=O)Nc2cccc(Cl)c2C)nc2ccccc21. The van der Waals surface area contributed by atoms with E-state index in [1.807, 2.05) is 43.3 Å². The molecular weight excluding hydrogens is 470 g/mol. The fourth-order valence-corrected chi connectivity index (χ4v) is 4.50. The number of imidazole rings is 1. The molecule has 0 unspecified atom stereocenters. The van der Waals surface area contributed by atoms with Crippen molar-refractivity contribution in [1.29, 1.82) is 0 Å². The molecule has 0 aliphatic heterocycles. The molecule has 1 heterocycles. The number of nitrogens with one attached hydrogen (secondary N) is 1. The van der Waals surface area contributed by atoms with E-state index in [2.05, 4.69) is 28.9 Å². The Morgan fingerprint density at radius 3 is 2.62 bits per heavy atom. The molecular formula is C26H24ClN3O3S. The van der Waals surface area contributed by atoms with Crippen LogP contribution in [0.15, 0.2) is 71.9 Å². The number of hydrogen-bond acceptors (Lipinski definition) is 5. The maximum Gasteiger partial charge on any atom is 0.316 e. The second-order valence-electron chi connectivity index (χ2n) is 7.81. The molecule has 1 amide bonds. The van der Waals surface area contributed by atoms with Crippen molar-refractivity contribution in [2.75, 3.05) is 17.7 Å². The van der Waals surface area contributed by atoms with Crippen LogP contribution < -0.4 is 5.32 Å². The van der Waals surface area contributed by atoms with E-state index in [9.17, 15) is 9.59 Å². The summed E-state index contributed by atoms with van der Waals surface area (Å²) in [5.41, 5.74) is 5.58. The molecule has 0 spiro atoms. The van der Waals surface area contributed by atoms with Crippen LogP contribution in [-0.2, 0) is 20.9 Å². The first-order valence-corrected chi connectivity index (χ1v) is 12.1. The van der Waals surface area contributed by atoms with Crippen molar-refractivity contribution in [3.05, 3.63) is 88.4 Å². The number of fused-ring (bicyclic) bond motifs is 1. The zero-order valence-corrected chi connectivity index (χ0v) is 20.4. The van der Waals surface area contributed by atoms with Crippen LogP contribution in [0.4, 0.5) is 5.69 Å². The van der Waals surface area contributed by atoms with Gasteiger partial charge >= 0.3 is 5.97 Å². The quantitative estimate of drug-likeness (QED) is 0.254. The number of halogens is 1. The number of aromatic nitrogens is 2. The van der Waals surface area contributed by atoms with Gasteiger partial charge in [0.25, 0.3) is 5.91 Å². The highest BCUT2D eigenvalue weighted by Crippen LogP contribution is 2.26. The minimum atomic E-state index is -0.488. The summed E-state index contributed by atoms with van der Waals surface area (Å²) in [6, 6.07) is 21.3. The number of nitrogens with zero attached hydrogens (tertiary/aromatic N) is 2. The summed E-state index contributed by atoms with van der Waals surface area (Å²) in [5.74, 6) is -0.867. The molecule has 6 nitrogen and oxygen atoms in total. The lowest BCUT2D eigenvalue weighted by Gasteiger charge is -2.11. The highest BCUT2D eigenvalue weighted by molar-refractivity contribution is 7.99. The molecule has 0 radical (unpaired) electrons. The monoisotopic (exact) mass is 493 g/mol. The van der Waals surface area contributed by atoms with Gasteiger partial charge in [0.15, 0.2) is 11.8 Å². The Labute approximate surface area is 207 Å². The molecule has 174 valence electrons. The second kappa shape index (κ2) is 10.8. The van der Waals surface area contributed by atoms with Crippen LogP contribution in [0.2, 0.25) is 5.02 Å². The van der Waals surface area contributed by atoms with E-state index in [1.165, 1.54) is 22.9 Å². The maximum atomic E-state index is 12.4. The van der Waals surface area contributed by atoms with Crippen LogP contribution in [0.5, 0.6) is 0 Å². The van der Waals surface area contributed by atoms with E-state index in [1.54, 1.807) is 18.2 Å². The number of ether oxygens (including phenoxy) is 1. The zero-order valence-electron chi connectivity index (χ0n) is 18.9. The van der Waals surface area contributed by atoms with Crippen LogP contribution in [0, 0.1) is 13.8 Å². The zero-order chi connectivity index (χ0) is 24.1. The topological polar surface area (TPSA) is 73.2 Å². The molecule has 4 rings (SSSR count). The number of benzene rings is 3. The number of amides is 1. The molecule has 0 bridgehead atoms. The Kier molecular flexibility index (Phi) is 7.55. The van der Waals surface area contributed by atoms with Gasteiger partial charge in [0.2, 0.25) is 0 Å². The van der Waals surface area contributed by atoms with Crippen molar-refractivity contribution >= 4 is 52.0 Å². The normalized spacial score (nSPS) is 10.9. The lowest BCUT2D eigenvalue weighted by Crippen LogP contribution is -2.22. The van der Waals surface area contributed by atoms with Crippen LogP contribution in [0.1, 0.15) is 16.7 Å². The Morgan fingerprint density at radius 2 is 1.79 bits per heavy atom.